The summed E-state index contributed by atoms with van der Waals surface area (Å²) in [4.78, 5) is 23.0. The van der Waals surface area contributed by atoms with Crippen molar-refractivity contribution in [1.82, 2.24) is 0 Å². The fourth-order valence-electron chi connectivity index (χ4n) is 2.93. The largest absolute Gasteiger partial charge is 0.458 e. The van der Waals surface area contributed by atoms with Crippen LogP contribution >= 0.6 is 11.6 Å². The van der Waals surface area contributed by atoms with Gasteiger partial charge in [-0.1, -0.05) is 48.5 Å². The molecule has 1 saturated heterocycles. The van der Waals surface area contributed by atoms with Gasteiger partial charge in [0.05, 0.1) is 11.5 Å². The van der Waals surface area contributed by atoms with Gasteiger partial charge in [-0.3, -0.25) is 4.79 Å². The second-order valence-corrected chi connectivity index (χ2v) is 6.66. The van der Waals surface area contributed by atoms with Crippen LogP contribution in [0.3, 0.4) is 0 Å². The third-order valence-corrected chi connectivity index (χ3v) is 4.55. The normalized spacial score (nSPS) is 26.0. The van der Waals surface area contributed by atoms with E-state index in [1.807, 2.05) is 36.4 Å². The van der Waals surface area contributed by atoms with Gasteiger partial charge in [-0.05, 0) is 24.6 Å². The highest BCUT2D eigenvalue weighted by Gasteiger charge is 2.54. The second kappa shape index (κ2) is 6.65. The Balaban J connectivity index is 1.76. The van der Waals surface area contributed by atoms with Gasteiger partial charge in [0.15, 0.2) is 0 Å². The van der Waals surface area contributed by atoms with Crippen LogP contribution < -0.4 is 0 Å². The predicted octanol–water partition coefficient (Wildman–Crippen LogP) is 3.55. The first-order valence-electron chi connectivity index (χ1n) is 7.67. The van der Waals surface area contributed by atoms with E-state index >= 15 is 0 Å². The van der Waals surface area contributed by atoms with Gasteiger partial charge in [0, 0.05) is 0 Å². The number of hydrogen-bond acceptors (Lipinski definition) is 4. The first-order chi connectivity index (χ1) is 11.5. The molecule has 124 valence electrons. The fourth-order valence-corrected chi connectivity index (χ4v) is 3.24. The lowest BCUT2D eigenvalue weighted by atomic mass is 9.85. The first-order valence-corrected chi connectivity index (χ1v) is 8.05. The highest BCUT2D eigenvalue weighted by atomic mass is 35.5. The van der Waals surface area contributed by atoms with Crippen LogP contribution in [-0.4, -0.2) is 29.5 Å². The molecule has 4 nitrogen and oxygen atoms in total. The van der Waals surface area contributed by atoms with Crippen molar-refractivity contribution < 1.29 is 19.1 Å². The molecule has 0 spiro atoms. The van der Waals surface area contributed by atoms with Gasteiger partial charge >= 0.3 is 11.9 Å². The van der Waals surface area contributed by atoms with Gasteiger partial charge in [0.1, 0.15) is 17.6 Å². The minimum atomic E-state index is -1.19. The Morgan fingerprint density at radius 2 is 1.71 bits per heavy atom. The number of cyclic esters (lactones) is 1. The number of halogens is 1. The zero-order chi connectivity index (χ0) is 17.2. The number of carbonyl (C=O) groups is 2. The maximum atomic E-state index is 12.1. The number of ether oxygens (including phenoxy) is 2. The van der Waals surface area contributed by atoms with E-state index in [9.17, 15) is 9.59 Å². The van der Waals surface area contributed by atoms with Gasteiger partial charge in [0.25, 0.3) is 0 Å². The van der Waals surface area contributed by atoms with E-state index < -0.39 is 28.8 Å². The summed E-state index contributed by atoms with van der Waals surface area (Å²) in [6.45, 7) is 1.59. The average molecular weight is 345 g/mol. The quantitative estimate of drug-likeness (QED) is 0.628. The fraction of sp³-hybridized carbons (Fsp3) is 0.263. The molecule has 2 aromatic carbocycles. The monoisotopic (exact) mass is 344 g/mol. The number of esters is 2. The van der Waals surface area contributed by atoms with Gasteiger partial charge in [0.2, 0.25) is 0 Å². The first kappa shape index (κ1) is 16.5. The van der Waals surface area contributed by atoms with Gasteiger partial charge in [-0.15, -0.1) is 11.6 Å². The zero-order valence-electron chi connectivity index (χ0n) is 13.1. The summed E-state index contributed by atoms with van der Waals surface area (Å²) in [6, 6.07) is 18.1. The van der Waals surface area contributed by atoms with E-state index in [2.05, 4.69) is 0 Å². The van der Waals surface area contributed by atoms with Gasteiger partial charge < -0.3 is 9.47 Å². The molecular weight excluding hydrogens is 328 g/mol. The van der Waals surface area contributed by atoms with E-state index in [1.54, 1.807) is 31.2 Å². The highest BCUT2D eigenvalue weighted by Crippen LogP contribution is 2.44. The molecule has 1 aliphatic rings. The number of benzene rings is 2. The van der Waals surface area contributed by atoms with E-state index in [-0.39, 0.29) is 6.61 Å². The Morgan fingerprint density at radius 1 is 1.12 bits per heavy atom. The van der Waals surface area contributed by atoms with Crippen LogP contribution in [0.1, 0.15) is 28.8 Å². The van der Waals surface area contributed by atoms with E-state index in [4.69, 9.17) is 21.1 Å². The van der Waals surface area contributed by atoms with E-state index in [0.29, 0.717) is 5.56 Å². The van der Waals surface area contributed by atoms with Gasteiger partial charge in [-0.25, -0.2) is 4.79 Å². The summed E-state index contributed by atoms with van der Waals surface area (Å²) < 4.78 is 10.7. The maximum Gasteiger partial charge on any atom is 0.338 e. The lowest BCUT2D eigenvalue weighted by molar-refractivity contribution is -0.144. The van der Waals surface area contributed by atoms with Crippen LogP contribution in [0.15, 0.2) is 60.7 Å². The molecule has 0 aliphatic carbocycles. The van der Waals surface area contributed by atoms with Crippen LogP contribution in [0.4, 0.5) is 0 Å². The summed E-state index contributed by atoms with van der Waals surface area (Å²) in [5, 5.41) is 0. The SMILES string of the molecule is C[C@]1(Cl)C(=O)O[C@@H](COC(=O)c2ccccc2)[C@H]1c1ccccc1. The summed E-state index contributed by atoms with van der Waals surface area (Å²) in [7, 11) is 0. The molecule has 24 heavy (non-hydrogen) atoms. The maximum absolute atomic E-state index is 12.1. The van der Waals surface area contributed by atoms with Crippen molar-refractivity contribution >= 4 is 23.5 Å². The minimum absolute atomic E-state index is 0.0403. The molecule has 0 aromatic heterocycles. The molecule has 0 saturated carbocycles. The average Bonchev–Trinajstić information content (AvgIpc) is 2.83. The Labute approximate surface area is 145 Å². The Kier molecular flexibility index (Phi) is 4.58. The number of hydrogen-bond donors (Lipinski definition) is 0. The van der Waals surface area contributed by atoms with E-state index in [1.165, 1.54) is 0 Å². The smallest absolute Gasteiger partial charge is 0.338 e. The second-order valence-electron chi connectivity index (χ2n) is 5.87. The molecule has 1 heterocycles. The van der Waals surface area contributed by atoms with Gasteiger partial charge in [-0.2, -0.15) is 0 Å². The Morgan fingerprint density at radius 3 is 2.33 bits per heavy atom. The van der Waals surface area contributed by atoms with Crippen molar-refractivity contribution in [3.8, 4) is 0 Å². The van der Waals surface area contributed by atoms with Crippen molar-refractivity contribution in [2.75, 3.05) is 6.61 Å². The summed E-state index contributed by atoms with van der Waals surface area (Å²) in [5.41, 5.74) is 1.33. The molecule has 0 amide bonds. The van der Waals surface area contributed by atoms with Crippen LogP contribution in [0.5, 0.6) is 0 Å². The van der Waals surface area contributed by atoms with Crippen LogP contribution in [0.25, 0.3) is 0 Å². The highest BCUT2D eigenvalue weighted by molar-refractivity contribution is 6.35. The zero-order valence-corrected chi connectivity index (χ0v) is 13.9. The molecular formula is C19H17ClO4. The standard InChI is InChI=1S/C19H17ClO4/c1-19(20)16(13-8-4-2-5-9-13)15(24-18(19)22)12-23-17(21)14-10-6-3-7-11-14/h2-11,15-16H,12H2,1H3/t15-,16+,19+/m0/s1. The number of alkyl halides is 1. The van der Waals surface area contributed by atoms with Crippen LogP contribution in [-0.2, 0) is 14.3 Å². The number of carbonyl (C=O) groups excluding carboxylic acids is 2. The Hall–Kier alpha value is -2.33. The molecule has 3 rings (SSSR count). The van der Waals surface area contributed by atoms with Crippen LogP contribution in [0, 0.1) is 0 Å². The van der Waals surface area contributed by atoms with Crippen molar-refractivity contribution in [2.24, 2.45) is 0 Å². The predicted molar refractivity (Wildman–Crippen MR) is 90.0 cm³/mol. The molecule has 3 atom stereocenters. The summed E-state index contributed by atoms with van der Waals surface area (Å²) in [6.07, 6.45) is -0.616. The molecule has 0 bridgehead atoms. The molecule has 2 aromatic rings. The number of rotatable bonds is 4. The topological polar surface area (TPSA) is 52.6 Å². The molecule has 5 heteroatoms. The lowest BCUT2D eigenvalue weighted by Crippen LogP contribution is -2.32. The van der Waals surface area contributed by atoms with Crippen molar-refractivity contribution in [3.05, 3.63) is 71.8 Å². The molecule has 0 radical (unpaired) electrons. The minimum Gasteiger partial charge on any atom is -0.458 e. The third kappa shape index (κ3) is 3.15. The Bertz CT molecular complexity index is 728. The summed E-state index contributed by atoms with van der Waals surface area (Å²) >= 11 is 6.43. The van der Waals surface area contributed by atoms with Crippen LogP contribution in [0.2, 0.25) is 0 Å². The van der Waals surface area contributed by atoms with E-state index in [0.717, 1.165) is 5.56 Å². The summed E-state index contributed by atoms with van der Waals surface area (Å²) in [5.74, 6) is -1.35. The molecule has 0 unspecified atom stereocenters. The molecule has 1 fully saturated rings. The molecule has 1 aliphatic heterocycles. The van der Waals surface area contributed by atoms with Crippen molar-refractivity contribution in [1.29, 1.82) is 0 Å². The molecule has 0 N–H and O–H groups in total. The lowest BCUT2D eigenvalue weighted by Gasteiger charge is -2.24. The van der Waals surface area contributed by atoms with Crippen molar-refractivity contribution in [2.45, 2.75) is 23.8 Å². The van der Waals surface area contributed by atoms with Crippen molar-refractivity contribution in [3.63, 3.8) is 0 Å². The third-order valence-electron chi connectivity index (χ3n) is 4.16.